The maximum atomic E-state index is 10.2. The van der Waals surface area contributed by atoms with Gasteiger partial charge in [-0.1, -0.05) is 12.1 Å². The molecule has 32 heavy (non-hydrogen) atoms. The highest BCUT2D eigenvalue weighted by molar-refractivity contribution is 6.27. The van der Waals surface area contributed by atoms with Gasteiger partial charge in [0.25, 0.3) is 0 Å². The van der Waals surface area contributed by atoms with E-state index in [9.17, 15) is 5.11 Å². The molecular formula is C24H35NO7. The first-order valence-corrected chi connectivity index (χ1v) is 11.3. The normalized spacial score (nSPS) is 28.5. The number of aliphatic hydroxyl groups is 1. The monoisotopic (exact) mass is 449 g/mol. The standard InChI is InChI=1S/C22H33NO3.C2H2O4/c1-25-21-4-2-3-16(8-21)13-26-14-20(24)12-23-15-22-9-17-5-18(10-22)7-19(6-17)11-22;3-1(4)2(5)6/h2-4,8,17-20,23-24H,5-7,9-15H2,1H3;(H,3,4)(H,5,6). The first-order chi connectivity index (χ1) is 15.3. The Balaban J connectivity index is 0.000000427. The second kappa shape index (κ2) is 11.1. The topological polar surface area (TPSA) is 125 Å². The lowest BCUT2D eigenvalue weighted by molar-refractivity contribution is -0.159. The van der Waals surface area contributed by atoms with E-state index in [4.69, 9.17) is 29.3 Å². The van der Waals surface area contributed by atoms with Crippen molar-refractivity contribution < 1.29 is 34.4 Å². The summed E-state index contributed by atoms with van der Waals surface area (Å²) in [5.41, 5.74) is 1.59. The molecule has 1 aromatic carbocycles. The molecule has 0 amide bonds. The van der Waals surface area contributed by atoms with Gasteiger partial charge in [-0.25, -0.2) is 9.59 Å². The van der Waals surface area contributed by atoms with Crippen LogP contribution in [0.4, 0.5) is 0 Å². The molecule has 8 heteroatoms. The fraction of sp³-hybridized carbons (Fsp3) is 0.667. The molecule has 5 rings (SSSR count). The Labute approximate surface area is 188 Å². The zero-order valence-corrected chi connectivity index (χ0v) is 18.7. The number of benzene rings is 1. The van der Waals surface area contributed by atoms with Crippen LogP contribution >= 0.6 is 0 Å². The molecule has 4 aliphatic carbocycles. The third-order valence-corrected chi connectivity index (χ3v) is 6.94. The molecule has 0 radical (unpaired) electrons. The predicted octanol–water partition coefficient (Wildman–Crippen LogP) is 2.53. The van der Waals surface area contributed by atoms with Crippen molar-refractivity contribution in [3.8, 4) is 5.75 Å². The number of rotatable bonds is 9. The van der Waals surface area contributed by atoms with Gasteiger partial charge in [0.1, 0.15) is 5.75 Å². The minimum Gasteiger partial charge on any atom is -0.497 e. The molecule has 1 unspecified atom stereocenters. The molecule has 0 heterocycles. The lowest BCUT2D eigenvalue weighted by Crippen LogP contribution is -2.51. The minimum atomic E-state index is -1.82. The highest BCUT2D eigenvalue weighted by atomic mass is 16.5. The maximum absolute atomic E-state index is 10.2. The molecule has 0 spiro atoms. The number of carboxylic acids is 2. The van der Waals surface area contributed by atoms with Crippen molar-refractivity contribution in [2.24, 2.45) is 23.2 Å². The number of carboxylic acid groups (broad SMARTS) is 2. The van der Waals surface area contributed by atoms with E-state index in [0.717, 1.165) is 35.6 Å². The lowest BCUT2D eigenvalue weighted by atomic mass is 9.49. The summed E-state index contributed by atoms with van der Waals surface area (Å²) >= 11 is 0. The smallest absolute Gasteiger partial charge is 0.414 e. The van der Waals surface area contributed by atoms with E-state index in [1.807, 2.05) is 24.3 Å². The van der Waals surface area contributed by atoms with E-state index < -0.39 is 18.0 Å². The van der Waals surface area contributed by atoms with Gasteiger partial charge in [0.15, 0.2) is 0 Å². The van der Waals surface area contributed by atoms with Crippen LogP contribution in [0.2, 0.25) is 0 Å². The van der Waals surface area contributed by atoms with Crippen LogP contribution in [0.3, 0.4) is 0 Å². The molecule has 1 aromatic rings. The first-order valence-electron chi connectivity index (χ1n) is 11.3. The van der Waals surface area contributed by atoms with Gasteiger partial charge in [-0.2, -0.15) is 0 Å². The van der Waals surface area contributed by atoms with Crippen LogP contribution in [0, 0.1) is 23.2 Å². The van der Waals surface area contributed by atoms with Crippen LogP contribution in [0.5, 0.6) is 5.75 Å². The van der Waals surface area contributed by atoms with Crippen molar-refractivity contribution in [1.29, 1.82) is 0 Å². The fourth-order valence-electron chi connectivity index (χ4n) is 6.14. The van der Waals surface area contributed by atoms with E-state index in [0.29, 0.717) is 25.2 Å². The van der Waals surface area contributed by atoms with Crippen molar-refractivity contribution in [3.63, 3.8) is 0 Å². The summed E-state index contributed by atoms with van der Waals surface area (Å²) in [5.74, 6) is 0.145. The number of hydrogen-bond donors (Lipinski definition) is 4. The minimum absolute atomic E-state index is 0.366. The van der Waals surface area contributed by atoms with Gasteiger partial charge < -0.3 is 30.1 Å². The van der Waals surface area contributed by atoms with E-state index >= 15 is 0 Å². The average molecular weight is 450 g/mol. The molecule has 0 aromatic heterocycles. The lowest BCUT2D eigenvalue weighted by Gasteiger charge is -2.57. The van der Waals surface area contributed by atoms with Crippen molar-refractivity contribution in [3.05, 3.63) is 29.8 Å². The Morgan fingerprint density at radius 1 is 1.09 bits per heavy atom. The summed E-state index contributed by atoms with van der Waals surface area (Å²) in [5, 5.41) is 28.6. The Bertz CT molecular complexity index is 734. The van der Waals surface area contributed by atoms with Gasteiger partial charge in [-0.15, -0.1) is 0 Å². The van der Waals surface area contributed by atoms with Crippen LogP contribution < -0.4 is 10.1 Å². The van der Waals surface area contributed by atoms with Gasteiger partial charge in [-0.05, 0) is 79.4 Å². The predicted molar refractivity (Wildman–Crippen MR) is 117 cm³/mol. The number of ether oxygens (including phenoxy) is 2. The number of hydrogen-bond acceptors (Lipinski definition) is 6. The van der Waals surface area contributed by atoms with Crippen LogP contribution in [-0.4, -0.2) is 60.2 Å². The Morgan fingerprint density at radius 2 is 1.69 bits per heavy atom. The van der Waals surface area contributed by atoms with Crippen molar-refractivity contribution >= 4 is 11.9 Å². The molecule has 4 bridgehead atoms. The van der Waals surface area contributed by atoms with Crippen LogP contribution in [0.25, 0.3) is 0 Å². The fourth-order valence-corrected chi connectivity index (χ4v) is 6.14. The number of aliphatic hydroxyl groups excluding tert-OH is 1. The number of nitrogens with one attached hydrogen (secondary N) is 1. The molecule has 0 saturated heterocycles. The van der Waals surface area contributed by atoms with Gasteiger partial charge in [0, 0.05) is 13.1 Å². The number of carbonyl (C=O) groups is 2. The maximum Gasteiger partial charge on any atom is 0.414 e. The zero-order chi connectivity index (χ0) is 23.1. The summed E-state index contributed by atoms with van der Waals surface area (Å²) in [7, 11) is 1.67. The Morgan fingerprint density at radius 3 is 2.22 bits per heavy atom. The SMILES string of the molecule is COc1cccc(COCC(O)CNCC23CC4CC(CC(C4)C2)C3)c1.O=C(O)C(=O)O. The summed E-state index contributed by atoms with van der Waals surface area (Å²) in [6.45, 7) is 2.57. The summed E-state index contributed by atoms with van der Waals surface area (Å²) in [6, 6.07) is 7.87. The molecular weight excluding hydrogens is 414 g/mol. The molecule has 0 aliphatic heterocycles. The van der Waals surface area contributed by atoms with Crippen LogP contribution in [0.1, 0.15) is 44.1 Å². The van der Waals surface area contributed by atoms with Gasteiger partial charge >= 0.3 is 11.9 Å². The van der Waals surface area contributed by atoms with E-state index in [1.54, 1.807) is 7.11 Å². The highest BCUT2D eigenvalue weighted by Gasteiger charge is 2.50. The molecule has 178 valence electrons. The van der Waals surface area contributed by atoms with Crippen LogP contribution in [0.15, 0.2) is 24.3 Å². The second-order valence-corrected chi connectivity index (χ2v) is 9.68. The average Bonchev–Trinajstić information content (AvgIpc) is 2.73. The van der Waals surface area contributed by atoms with Crippen molar-refractivity contribution in [2.45, 2.75) is 51.2 Å². The summed E-state index contributed by atoms with van der Waals surface area (Å²) in [6.07, 6.45) is 8.24. The zero-order valence-electron chi connectivity index (χ0n) is 18.7. The molecule has 1 atom stereocenters. The quantitative estimate of drug-likeness (QED) is 0.424. The Kier molecular flexibility index (Phi) is 8.51. The van der Waals surface area contributed by atoms with Crippen molar-refractivity contribution in [2.75, 3.05) is 26.8 Å². The van der Waals surface area contributed by atoms with Gasteiger partial charge in [0.2, 0.25) is 0 Å². The third-order valence-electron chi connectivity index (χ3n) is 6.94. The summed E-state index contributed by atoms with van der Waals surface area (Å²) in [4.78, 5) is 18.2. The second-order valence-electron chi connectivity index (χ2n) is 9.68. The largest absolute Gasteiger partial charge is 0.497 e. The molecule has 4 saturated carbocycles. The number of aliphatic carboxylic acids is 2. The highest BCUT2D eigenvalue weighted by Crippen LogP contribution is 2.59. The molecule has 4 fully saturated rings. The van der Waals surface area contributed by atoms with Gasteiger partial charge in [0.05, 0.1) is 26.4 Å². The molecule has 8 nitrogen and oxygen atoms in total. The number of methoxy groups -OCH3 is 1. The van der Waals surface area contributed by atoms with E-state index in [1.165, 1.54) is 38.5 Å². The van der Waals surface area contributed by atoms with E-state index in [-0.39, 0.29) is 0 Å². The molecule has 4 N–H and O–H groups in total. The van der Waals surface area contributed by atoms with Gasteiger partial charge in [-0.3, -0.25) is 0 Å². The first kappa shape index (κ1) is 24.5. The summed E-state index contributed by atoms with van der Waals surface area (Å²) < 4.78 is 10.9. The Hall–Kier alpha value is -2.16. The van der Waals surface area contributed by atoms with Crippen LogP contribution in [-0.2, 0) is 20.9 Å². The van der Waals surface area contributed by atoms with E-state index in [2.05, 4.69) is 5.32 Å². The third kappa shape index (κ3) is 6.92. The molecule has 4 aliphatic rings. The van der Waals surface area contributed by atoms with Crippen molar-refractivity contribution in [1.82, 2.24) is 5.32 Å².